The molecule has 0 aliphatic heterocycles. The second-order valence-electron chi connectivity index (χ2n) is 7.85. The molecular weight excluding hydrogens is 406 g/mol. The van der Waals surface area contributed by atoms with Crippen molar-refractivity contribution in [2.75, 3.05) is 0 Å². The van der Waals surface area contributed by atoms with Gasteiger partial charge in [-0.15, -0.1) is 0 Å². The third-order valence-corrected chi connectivity index (χ3v) is 5.44. The minimum absolute atomic E-state index is 0.00456. The maximum Gasteiger partial charge on any atom is 0.332 e. The standard InChI is InChI=1S/C25H25N3O4/c1-18(13-14-19-8-3-2-4-9-19)26-23(29)17-27-22-12-6-5-11-21(22)24(30)28(25(27)31)16-20-10-7-15-32-20/h2-12,15,18H,13-14,16-17H2,1H3,(H,26,29)/t18-/m0/s1. The van der Waals surface area contributed by atoms with Crippen LogP contribution in [0.1, 0.15) is 24.7 Å². The van der Waals surface area contributed by atoms with Gasteiger partial charge in [-0.2, -0.15) is 0 Å². The van der Waals surface area contributed by atoms with Gasteiger partial charge in [-0.05, 0) is 49.6 Å². The smallest absolute Gasteiger partial charge is 0.332 e. The Morgan fingerprint density at radius 3 is 2.47 bits per heavy atom. The van der Waals surface area contributed by atoms with Crippen molar-refractivity contribution >= 4 is 16.8 Å². The summed E-state index contributed by atoms with van der Waals surface area (Å²) >= 11 is 0. The topological polar surface area (TPSA) is 86.2 Å². The molecule has 1 N–H and O–H groups in total. The minimum Gasteiger partial charge on any atom is -0.467 e. The zero-order chi connectivity index (χ0) is 22.5. The van der Waals surface area contributed by atoms with Crippen LogP contribution in [0.3, 0.4) is 0 Å². The lowest BCUT2D eigenvalue weighted by atomic mass is 10.1. The fourth-order valence-electron chi connectivity index (χ4n) is 3.79. The van der Waals surface area contributed by atoms with Crippen molar-refractivity contribution in [3.63, 3.8) is 0 Å². The molecule has 0 bridgehead atoms. The number of aromatic nitrogens is 2. The zero-order valence-electron chi connectivity index (χ0n) is 17.9. The van der Waals surface area contributed by atoms with E-state index in [2.05, 4.69) is 17.4 Å². The summed E-state index contributed by atoms with van der Waals surface area (Å²) in [5.74, 6) is 0.214. The molecule has 7 heteroatoms. The molecule has 0 aliphatic carbocycles. The van der Waals surface area contributed by atoms with Crippen molar-refractivity contribution < 1.29 is 9.21 Å². The van der Waals surface area contributed by atoms with E-state index in [-0.39, 0.29) is 25.0 Å². The number of rotatable bonds is 8. The summed E-state index contributed by atoms with van der Waals surface area (Å²) in [6.45, 7) is 1.78. The lowest BCUT2D eigenvalue weighted by Crippen LogP contribution is -2.44. The van der Waals surface area contributed by atoms with Crippen LogP contribution in [0.5, 0.6) is 0 Å². The van der Waals surface area contributed by atoms with Crippen molar-refractivity contribution in [2.24, 2.45) is 0 Å². The summed E-state index contributed by atoms with van der Waals surface area (Å²) < 4.78 is 7.76. The largest absolute Gasteiger partial charge is 0.467 e. The number of hydrogen-bond acceptors (Lipinski definition) is 4. The molecule has 4 rings (SSSR count). The Balaban J connectivity index is 1.56. The molecule has 1 amide bonds. The maximum absolute atomic E-state index is 13.2. The maximum atomic E-state index is 13.2. The predicted molar refractivity (Wildman–Crippen MR) is 123 cm³/mol. The van der Waals surface area contributed by atoms with Crippen LogP contribution in [0.15, 0.2) is 87.0 Å². The summed E-state index contributed by atoms with van der Waals surface area (Å²) in [7, 11) is 0. The fourth-order valence-corrected chi connectivity index (χ4v) is 3.79. The van der Waals surface area contributed by atoms with E-state index in [0.29, 0.717) is 16.7 Å². The van der Waals surface area contributed by atoms with Gasteiger partial charge in [-0.3, -0.25) is 18.7 Å². The first-order valence-corrected chi connectivity index (χ1v) is 10.6. The Morgan fingerprint density at radius 1 is 0.969 bits per heavy atom. The van der Waals surface area contributed by atoms with Crippen LogP contribution < -0.4 is 16.6 Å². The van der Waals surface area contributed by atoms with Gasteiger partial charge in [0.05, 0.1) is 23.7 Å². The van der Waals surface area contributed by atoms with E-state index in [1.54, 1.807) is 36.4 Å². The molecule has 1 atom stereocenters. The Bertz CT molecular complexity index is 1320. The molecule has 0 saturated carbocycles. The van der Waals surface area contributed by atoms with E-state index in [9.17, 15) is 14.4 Å². The van der Waals surface area contributed by atoms with E-state index < -0.39 is 11.2 Å². The van der Waals surface area contributed by atoms with Gasteiger partial charge in [0.2, 0.25) is 5.91 Å². The number of fused-ring (bicyclic) bond motifs is 1. The summed E-state index contributed by atoms with van der Waals surface area (Å²) in [4.78, 5) is 38.9. The first-order chi connectivity index (χ1) is 15.5. The van der Waals surface area contributed by atoms with Crippen LogP contribution in [-0.4, -0.2) is 21.1 Å². The highest BCUT2D eigenvalue weighted by Crippen LogP contribution is 2.09. The highest BCUT2D eigenvalue weighted by molar-refractivity contribution is 5.81. The van der Waals surface area contributed by atoms with Gasteiger partial charge >= 0.3 is 5.69 Å². The molecule has 2 aromatic carbocycles. The summed E-state index contributed by atoms with van der Waals surface area (Å²) in [5.41, 5.74) is 0.693. The van der Waals surface area contributed by atoms with E-state index in [1.807, 2.05) is 25.1 Å². The van der Waals surface area contributed by atoms with Crippen LogP contribution in [-0.2, 0) is 24.3 Å². The first-order valence-electron chi connectivity index (χ1n) is 10.6. The van der Waals surface area contributed by atoms with Crippen LogP contribution in [0.25, 0.3) is 10.9 Å². The molecule has 4 aromatic rings. The number of carbonyl (C=O) groups excluding carboxylic acids is 1. The number of hydrogen-bond donors (Lipinski definition) is 1. The number of benzene rings is 2. The third-order valence-electron chi connectivity index (χ3n) is 5.44. The molecule has 0 radical (unpaired) electrons. The van der Waals surface area contributed by atoms with E-state index in [4.69, 9.17) is 4.42 Å². The molecule has 0 aliphatic rings. The van der Waals surface area contributed by atoms with Crippen LogP contribution in [0.4, 0.5) is 0 Å². The monoisotopic (exact) mass is 431 g/mol. The van der Waals surface area contributed by atoms with Gasteiger partial charge in [-0.25, -0.2) is 4.79 Å². The Kier molecular flexibility index (Phi) is 6.35. The molecule has 7 nitrogen and oxygen atoms in total. The van der Waals surface area contributed by atoms with Gasteiger partial charge in [0.1, 0.15) is 12.3 Å². The van der Waals surface area contributed by atoms with Crippen molar-refractivity contribution in [1.82, 2.24) is 14.5 Å². The summed E-state index contributed by atoms with van der Waals surface area (Å²) in [6, 6.07) is 20.2. The number of nitrogens with zero attached hydrogens (tertiary/aromatic N) is 2. The Hall–Kier alpha value is -3.87. The van der Waals surface area contributed by atoms with Crippen molar-refractivity contribution in [3.8, 4) is 0 Å². The summed E-state index contributed by atoms with van der Waals surface area (Å²) in [6.07, 6.45) is 3.12. The SMILES string of the molecule is C[C@@H](CCc1ccccc1)NC(=O)Cn1c(=O)n(Cc2ccco2)c(=O)c2ccccc21. The minimum atomic E-state index is -0.544. The highest BCUT2D eigenvalue weighted by Gasteiger charge is 2.17. The van der Waals surface area contributed by atoms with Gasteiger partial charge in [0.25, 0.3) is 5.56 Å². The fraction of sp³-hybridized carbons (Fsp3) is 0.240. The van der Waals surface area contributed by atoms with Crippen molar-refractivity contribution in [3.05, 3.63) is 105 Å². The van der Waals surface area contributed by atoms with Crippen molar-refractivity contribution in [2.45, 2.75) is 38.9 Å². The highest BCUT2D eigenvalue weighted by atomic mass is 16.3. The molecule has 0 spiro atoms. The second-order valence-corrected chi connectivity index (χ2v) is 7.85. The zero-order valence-corrected chi connectivity index (χ0v) is 17.9. The van der Waals surface area contributed by atoms with Crippen LogP contribution in [0.2, 0.25) is 0 Å². The number of aryl methyl sites for hydroxylation is 1. The average molecular weight is 431 g/mol. The lowest BCUT2D eigenvalue weighted by molar-refractivity contribution is -0.122. The summed E-state index contributed by atoms with van der Waals surface area (Å²) in [5, 5.41) is 3.34. The molecule has 2 aromatic heterocycles. The molecule has 2 heterocycles. The van der Waals surface area contributed by atoms with E-state index in [0.717, 1.165) is 17.4 Å². The number of nitrogens with one attached hydrogen (secondary N) is 1. The number of para-hydroxylation sites is 1. The van der Waals surface area contributed by atoms with Crippen molar-refractivity contribution in [1.29, 1.82) is 0 Å². The second kappa shape index (κ2) is 9.51. The predicted octanol–water partition coefficient (Wildman–Crippen LogP) is 2.94. The average Bonchev–Trinajstić information content (AvgIpc) is 3.32. The lowest BCUT2D eigenvalue weighted by Gasteiger charge is -2.16. The van der Waals surface area contributed by atoms with Gasteiger partial charge in [0.15, 0.2) is 0 Å². The van der Waals surface area contributed by atoms with Crippen LogP contribution in [0, 0.1) is 0 Å². The van der Waals surface area contributed by atoms with Gasteiger partial charge < -0.3 is 9.73 Å². The number of carbonyl (C=O) groups is 1. The third kappa shape index (κ3) is 4.72. The Labute approximate surface area is 184 Å². The molecule has 32 heavy (non-hydrogen) atoms. The molecule has 164 valence electrons. The first kappa shape index (κ1) is 21.4. The van der Waals surface area contributed by atoms with E-state index >= 15 is 0 Å². The molecular formula is C25H25N3O4. The quantitative estimate of drug-likeness (QED) is 0.465. The Morgan fingerprint density at radius 2 is 1.72 bits per heavy atom. The number of furan rings is 1. The molecule has 0 fully saturated rings. The molecule has 0 unspecified atom stereocenters. The molecule has 0 saturated heterocycles. The van der Waals surface area contributed by atoms with Gasteiger partial charge in [-0.1, -0.05) is 42.5 Å². The van der Waals surface area contributed by atoms with Gasteiger partial charge in [0, 0.05) is 6.04 Å². The normalized spacial score (nSPS) is 12.0. The number of amides is 1. The van der Waals surface area contributed by atoms with E-state index in [1.165, 1.54) is 16.4 Å². The van der Waals surface area contributed by atoms with Crippen LogP contribution >= 0.6 is 0 Å².